The van der Waals surface area contributed by atoms with Crippen LogP contribution in [0.3, 0.4) is 0 Å². The van der Waals surface area contributed by atoms with Gasteiger partial charge in [0.05, 0.1) is 0 Å². The SMILES string of the molecule is NC(=S)c1cccc(Cn2ccnc2Cc2ccncc2)c1. The Kier molecular flexibility index (Phi) is 4.25. The zero-order valence-corrected chi connectivity index (χ0v) is 12.8. The van der Waals surface area contributed by atoms with Crippen LogP contribution in [0.1, 0.15) is 22.5 Å². The van der Waals surface area contributed by atoms with E-state index in [0.717, 1.165) is 29.9 Å². The second-order valence-corrected chi connectivity index (χ2v) is 5.51. The number of hydrogen-bond acceptors (Lipinski definition) is 3. The van der Waals surface area contributed by atoms with Gasteiger partial charge in [0.15, 0.2) is 0 Å². The molecule has 0 spiro atoms. The van der Waals surface area contributed by atoms with Crippen molar-refractivity contribution in [3.63, 3.8) is 0 Å². The highest BCUT2D eigenvalue weighted by molar-refractivity contribution is 7.80. The van der Waals surface area contributed by atoms with Crippen LogP contribution < -0.4 is 5.73 Å². The van der Waals surface area contributed by atoms with Crippen molar-refractivity contribution in [3.05, 3.63) is 83.7 Å². The molecule has 3 rings (SSSR count). The standard InChI is InChI=1S/C17H16N4S/c18-17(22)15-3-1-2-14(10-15)12-21-9-8-20-16(21)11-13-4-6-19-7-5-13/h1-10H,11-12H2,(H2,18,22). The van der Waals surface area contributed by atoms with Crippen molar-refractivity contribution < 1.29 is 0 Å². The van der Waals surface area contributed by atoms with Crippen molar-refractivity contribution in [3.8, 4) is 0 Å². The molecular weight excluding hydrogens is 292 g/mol. The average molecular weight is 308 g/mol. The molecule has 0 saturated heterocycles. The lowest BCUT2D eigenvalue weighted by Gasteiger charge is -2.09. The molecule has 0 aliphatic heterocycles. The minimum atomic E-state index is 0.421. The monoisotopic (exact) mass is 308 g/mol. The summed E-state index contributed by atoms with van der Waals surface area (Å²) in [7, 11) is 0. The summed E-state index contributed by atoms with van der Waals surface area (Å²) in [5.41, 5.74) is 8.93. The Balaban J connectivity index is 1.80. The van der Waals surface area contributed by atoms with Gasteiger partial charge in [-0.25, -0.2) is 4.98 Å². The van der Waals surface area contributed by atoms with Crippen LogP contribution in [0.2, 0.25) is 0 Å². The van der Waals surface area contributed by atoms with Gasteiger partial charge in [-0.05, 0) is 29.3 Å². The fraction of sp³-hybridized carbons (Fsp3) is 0.118. The van der Waals surface area contributed by atoms with Gasteiger partial charge >= 0.3 is 0 Å². The first-order chi connectivity index (χ1) is 10.7. The molecule has 1 aromatic carbocycles. The second-order valence-electron chi connectivity index (χ2n) is 5.07. The molecule has 0 bridgehead atoms. The van der Waals surface area contributed by atoms with E-state index < -0.39 is 0 Å². The van der Waals surface area contributed by atoms with Gasteiger partial charge < -0.3 is 10.3 Å². The van der Waals surface area contributed by atoms with Crippen LogP contribution in [-0.4, -0.2) is 19.5 Å². The van der Waals surface area contributed by atoms with Crippen LogP contribution in [-0.2, 0) is 13.0 Å². The third-order valence-electron chi connectivity index (χ3n) is 3.48. The third-order valence-corrected chi connectivity index (χ3v) is 3.71. The zero-order chi connectivity index (χ0) is 15.4. The van der Waals surface area contributed by atoms with E-state index in [1.807, 2.05) is 42.7 Å². The second kappa shape index (κ2) is 6.49. The smallest absolute Gasteiger partial charge is 0.113 e. The van der Waals surface area contributed by atoms with Crippen molar-refractivity contribution in [2.45, 2.75) is 13.0 Å². The van der Waals surface area contributed by atoms with E-state index in [1.165, 1.54) is 5.56 Å². The number of aromatic nitrogens is 3. The molecule has 0 unspecified atom stereocenters. The zero-order valence-electron chi connectivity index (χ0n) is 12.0. The van der Waals surface area contributed by atoms with Crippen molar-refractivity contribution in [2.24, 2.45) is 5.73 Å². The molecule has 0 fully saturated rings. The molecule has 110 valence electrons. The van der Waals surface area contributed by atoms with Gasteiger partial charge in [-0.15, -0.1) is 0 Å². The Morgan fingerprint density at radius 1 is 1.09 bits per heavy atom. The van der Waals surface area contributed by atoms with E-state index in [2.05, 4.69) is 20.6 Å². The van der Waals surface area contributed by atoms with Crippen LogP contribution in [0.4, 0.5) is 0 Å². The highest BCUT2D eigenvalue weighted by Crippen LogP contribution is 2.11. The van der Waals surface area contributed by atoms with Crippen LogP contribution in [0, 0.1) is 0 Å². The number of pyridine rings is 1. The number of rotatable bonds is 5. The Morgan fingerprint density at radius 3 is 2.68 bits per heavy atom. The molecule has 0 amide bonds. The quantitative estimate of drug-likeness (QED) is 0.736. The number of thiocarbonyl (C=S) groups is 1. The summed E-state index contributed by atoms with van der Waals surface area (Å²) in [5.74, 6) is 1.02. The molecule has 5 heteroatoms. The molecule has 22 heavy (non-hydrogen) atoms. The summed E-state index contributed by atoms with van der Waals surface area (Å²) in [6.45, 7) is 0.747. The Morgan fingerprint density at radius 2 is 1.91 bits per heavy atom. The van der Waals surface area contributed by atoms with Gasteiger partial charge in [0.1, 0.15) is 10.8 Å². The van der Waals surface area contributed by atoms with Crippen LogP contribution in [0.25, 0.3) is 0 Å². The highest BCUT2D eigenvalue weighted by atomic mass is 32.1. The first-order valence-electron chi connectivity index (χ1n) is 7.00. The molecule has 0 atom stereocenters. The molecule has 2 N–H and O–H groups in total. The Bertz CT molecular complexity index is 780. The first kappa shape index (κ1) is 14.4. The molecule has 0 saturated carbocycles. The molecular formula is C17H16N4S. The topological polar surface area (TPSA) is 56.7 Å². The van der Waals surface area contributed by atoms with Gasteiger partial charge in [0.25, 0.3) is 0 Å². The number of imidazole rings is 1. The maximum absolute atomic E-state index is 5.69. The first-order valence-corrected chi connectivity index (χ1v) is 7.41. The fourth-order valence-electron chi connectivity index (χ4n) is 2.35. The summed E-state index contributed by atoms with van der Waals surface area (Å²) in [6, 6.07) is 12.0. The fourth-order valence-corrected chi connectivity index (χ4v) is 2.48. The molecule has 2 aromatic heterocycles. The molecule has 0 aliphatic rings. The van der Waals surface area contributed by atoms with E-state index in [9.17, 15) is 0 Å². The van der Waals surface area contributed by atoms with Gasteiger partial charge in [0.2, 0.25) is 0 Å². The maximum atomic E-state index is 5.69. The lowest BCUT2D eigenvalue weighted by atomic mass is 10.1. The minimum Gasteiger partial charge on any atom is -0.389 e. The van der Waals surface area contributed by atoms with Crippen LogP contribution in [0.15, 0.2) is 61.2 Å². The number of nitrogens with zero attached hydrogens (tertiary/aromatic N) is 3. The number of nitrogens with two attached hydrogens (primary N) is 1. The summed E-state index contributed by atoms with van der Waals surface area (Å²) in [5, 5.41) is 0. The number of benzene rings is 1. The lowest BCUT2D eigenvalue weighted by Crippen LogP contribution is -2.10. The maximum Gasteiger partial charge on any atom is 0.113 e. The average Bonchev–Trinajstić information content (AvgIpc) is 2.95. The number of hydrogen-bond donors (Lipinski definition) is 1. The van der Waals surface area contributed by atoms with Crippen molar-refractivity contribution in [1.29, 1.82) is 0 Å². The molecule has 3 aromatic rings. The predicted octanol–water partition coefficient (Wildman–Crippen LogP) is 2.55. The Hall–Kier alpha value is -2.53. The van der Waals surface area contributed by atoms with E-state index in [-0.39, 0.29) is 0 Å². The van der Waals surface area contributed by atoms with Crippen molar-refractivity contribution in [2.75, 3.05) is 0 Å². The van der Waals surface area contributed by atoms with E-state index in [1.54, 1.807) is 12.4 Å². The van der Waals surface area contributed by atoms with Gasteiger partial charge in [-0.3, -0.25) is 4.98 Å². The normalized spacial score (nSPS) is 10.5. The molecule has 2 heterocycles. The highest BCUT2D eigenvalue weighted by Gasteiger charge is 2.06. The van der Waals surface area contributed by atoms with Gasteiger partial charge in [0, 0.05) is 43.3 Å². The van der Waals surface area contributed by atoms with E-state index in [0.29, 0.717) is 4.99 Å². The summed E-state index contributed by atoms with van der Waals surface area (Å²) in [6.07, 6.45) is 8.20. The Labute approximate surface area is 134 Å². The van der Waals surface area contributed by atoms with Crippen LogP contribution in [0.5, 0.6) is 0 Å². The summed E-state index contributed by atoms with van der Waals surface area (Å²) < 4.78 is 2.14. The van der Waals surface area contributed by atoms with Gasteiger partial charge in [-0.1, -0.05) is 30.4 Å². The largest absolute Gasteiger partial charge is 0.389 e. The molecule has 4 nitrogen and oxygen atoms in total. The predicted molar refractivity (Wildman–Crippen MR) is 90.7 cm³/mol. The van der Waals surface area contributed by atoms with Gasteiger partial charge in [-0.2, -0.15) is 0 Å². The lowest BCUT2D eigenvalue weighted by molar-refractivity contribution is 0.740. The van der Waals surface area contributed by atoms with Crippen molar-refractivity contribution in [1.82, 2.24) is 14.5 Å². The van der Waals surface area contributed by atoms with Crippen molar-refractivity contribution >= 4 is 17.2 Å². The molecule has 0 radical (unpaired) electrons. The summed E-state index contributed by atoms with van der Waals surface area (Å²) >= 11 is 5.03. The van der Waals surface area contributed by atoms with E-state index in [4.69, 9.17) is 18.0 Å². The summed E-state index contributed by atoms with van der Waals surface area (Å²) in [4.78, 5) is 8.92. The molecule has 0 aliphatic carbocycles. The minimum absolute atomic E-state index is 0.421. The van der Waals surface area contributed by atoms with E-state index >= 15 is 0 Å². The third kappa shape index (κ3) is 3.38. The van der Waals surface area contributed by atoms with Crippen LogP contribution >= 0.6 is 12.2 Å².